The number of esters is 1. The molecule has 26 heavy (non-hydrogen) atoms. The van der Waals surface area contributed by atoms with Gasteiger partial charge in [-0.3, -0.25) is 9.48 Å². The zero-order valence-corrected chi connectivity index (χ0v) is 16.4. The highest BCUT2D eigenvalue weighted by Gasteiger charge is 2.18. The van der Waals surface area contributed by atoms with Crippen LogP contribution in [-0.4, -0.2) is 27.8 Å². The van der Waals surface area contributed by atoms with Gasteiger partial charge in [0.2, 0.25) is 0 Å². The Labute approximate surface area is 161 Å². The second-order valence-electron chi connectivity index (χ2n) is 5.73. The van der Waals surface area contributed by atoms with E-state index in [1.807, 2.05) is 20.9 Å². The fraction of sp³-hybridized carbons (Fsp3) is 0.278. The zero-order chi connectivity index (χ0) is 19.4. The van der Waals surface area contributed by atoms with Crippen LogP contribution in [0.4, 0.5) is 5.69 Å². The number of carbonyl (C=O) groups is 2. The zero-order valence-electron chi connectivity index (χ0n) is 14.8. The van der Waals surface area contributed by atoms with Gasteiger partial charge in [0, 0.05) is 29.4 Å². The van der Waals surface area contributed by atoms with E-state index in [2.05, 4.69) is 10.4 Å². The molecule has 1 aromatic heterocycles. The number of nitrogens with zero attached hydrogens (tertiary/aromatic N) is 2. The molecule has 0 saturated carbocycles. The Morgan fingerprint density at radius 3 is 2.62 bits per heavy atom. The van der Waals surface area contributed by atoms with Gasteiger partial charge in [0.05, 0.1) is 16.4 Å². The molecule has 1 amide bonds. The lowest BCUT2D eigenvalue weighted by atomic mass is 10.2. The first-order valence-corrected chi connectivity index (χ1v) is 8.59. The first-order chi connectivity index (χ1) is 12.2. The highest BCUT2D eigenvalue weighted by atomic mass is 35.5. The number of nitrogens with one attached hydrogen (secondary N) is 1. The largest absolute Gasteiger partial charge is 0.449 e. The lowest BCUT2D eigenvalue weighted by molar-refractivity contribution is -0.148. The first kappa shape index (κ1) is 20.0. The number of aromatic nitrogens is 2. The molecule has 0 fully saturated rings. The Hall–Kier alpha value is -2.31. The summed E-state index contributed by atoms with van der Waals surface area (Å²) in [6.07, 6.45) is 1.89. The summed E-state index contributed by atoms with van der Waals surface area (Å²) in [5.41, 5.74) is 2.92. The van der Waals surface area contributed by atoms with Crippen molar-refractivity contribution in [2.45, 2.75) is 26.9 Å². The number of rotatable bonds is 5. The molecule has 1 heterocycles. The fourth-order valence-electron chi connectivity index (χ4n) is 2.28. The van der Waals surface area contributed by atoms with Crippen LogP contribution < -0.4 is 5.32 Å². The van der Waals surface area contributed by atoms with Gasteiger partial charge in [-0.2, -0.15) is 5.10 Å². The summed E-state index contributed by atoms with van der Waals surface area (Å²) >= 11 is 11.9. The maximum atomic E-state index is 12.2. The van der Waals surface area contributed by atoms with Gasteiger partial charge in [0.15, 0.2) is 6.10 Å². The molecule has 0 saturated heterocycles. The third-order valence-corrected chi connectivity index (χ3v) is 4.36. The highest BCUT2D eigenvalue weighted by molar-refractivity contribution is 6.35. The molecule has 6 nitrogen and oxygen atoms in total. The highest BCUT2D eigenvalue weighted by Crippen LogP contribution is 2.25. The van der Waals surface area contributed by atoms with Crippen LogP contribution >= 0.6 is 23.2 Å². The molecule has 0 radical (unpaired) electrons. The molecule has 2 rings (SSSR count). The maximum Gasteiger partial charge on any atom is 0.331 e. The molecule has 0 spiro atoms. The molecule has 1 aromatic carbocycles. The van der Waals surface area contributed by atoms with Gasteiger partial charge in [-0.25, -0.2) is 4.79 Å². The Morgan fingerprint density at radius 1 is 1.31 bits per heavy atom. The molecular weight excluding hydrogens is 377 g/mol. The van der Waals surface area contributed by atoms with Gasteiger partial charge >= 0.3 is 5.97 Å². The molecule has 0 aliphatic carbocycles. The summed E-state index contributed by atoms with van der Waals surface area (Å²) in [5, 5.41) is 7.61. The van der Waals surface area contributed by atoms with Crippen LogP contribution in [0.2, 0.25) is 10.0 Å². The van der Waals surface area contributed by atoms with Crippen LogP contribution in [0.25, 0.3) is 6.08 Å². The van der Waals surface area contributed by atoms with Crippen molar-refractivity contribution in [3.63, 3.8) is 0 Å². The molecule has 0 aliphatic rings. The van der Waals surface area contributed by atoms with E-state index >= 15 is 0 Å². The van der Waals surface area contributed by atoms with Gasteiger partial charge in [-0.05, 0) is 45.0 Å². The van der Waals surface area contributed by atoms with Crippen molar-refractivity contribution in [3.05, 3.63) is 51.3 Å². The summed E-state index contributed by atoms with van der Waals surface area (Å²) in [6.45, 7) is 5.22. The molecule has 1 atom stereocenters. The van der Waals surface area contributed by atoms with Crippen LogP contribution in [0.1, 0.15) is 23.9 Å². The predicted octanol–water partition coefficient (Wildman–Crippen LogP) is 3.93. The van der Waals surface area contributed by atoms with Crippen molar-refractivity contribution in [2.75, 3.05) is 5.32 Å². The quantitative estimate of drug-likeness (QED) is 0.614. The van der Waals surface area contributed by atoms with Gasteiger partial charge in [-0.1, -0.05) is 23.2 Å². The van der Waals surface area contributed by atoms with Gasteiger partial charge in [0.1, 0.15) is 0 Å². The van der Waals surface area contributed by atoms with Crippen molar-refractivity contribution in [1.82, 2.24) is 9.78 Å². The number of aryl methyl sites for hydroxylation is 2. The van der Waals surface area contributed by atoms with Crippen LogP contribution in [0.3, 0.4) is 0 Å². The summed E-state index contributed by atoms with van der Waals surface area (Å²) < 4.78 is 6.85. The number of anilines is 1. The average molecular weight is 396 g/mol. The Balaban J connectivity index is 1.98. The van der Waals surface area contributed by atoms with E-state index < -0.39 is 18.0 Å². The summed E-state index contributed by atoms with van der Waals surface area (Å²) in [4.78, 5) is 24.1. The predicted molar refractivity (Wildman–Crippen MR) is 102 cm³/mol. The van der Waals surface area contributed by atoms with Crippen LogP contribution in [0.5, 0.6) is 0 Å². The van der Waals surface area contributed by atoms with Crippen molar-refractivity contribution < 1.29 is 14.3 Å². The van der Waals surface area contributed by atoms with Crippen molar-refractivity contribution >= 4 is 46.8 Å². The van der Waals surface area contributed by atoms with Gasteiger partial charge in [-0.15, -0.1) is 0 Å². The van der Waals surface area contributed by atoms with E-state index in [9.17, 15) is 9.59 Å². The fourth-order valence-corrected chi connectivity index (χ4v) is 2.61. The third kappa shape index (κ3) is 4.86. The van der Waals surface area contributed by atoms with E-state index in [1.165, 1.54) is 19.1 Å². The van der Waals surface area contributed by atoms with Gasteiger partial charge < -0.3 is 10.1 Å². The van der Waals surface area contributed by atoms with Crippen molar-refractivity contribution in [3.8, 4) is 0 Å². The molecule has 2 aromatic rings. The lowest BCUT2D eigenvalue weighted by Crippen LogP contribution is -2.29. The van der Waals surface area contributed by atoms with E-state index in [0.29, 0.717) is 15.7 Å². The van der Waals surface area contributed by atoms with E-state index in [0.717, 1.165) is 17.0 Å². The minimum Gasteiger partial charge on any atom is -0.449 e. The second kappa shape index (κ2) is 8.38. The minimum atomic E-state index is -1.00. The average Bonchev–Trinajstić information content (AvgIpc) is 2.81. The first-order valence-electron chi connectivity index (χ1n) is 7.84. The summed E-state index contributed by atoms with van der Waals surface area (Å²) in [5.74, 6) is -1.14. The van der Waals surface area contributed by atoms with Gasteiger partial charge in [0.25, 0.3) is 5.91 Å². The van der Waals surface area contributed by atoms with Crippen molar-refractivity contribution in [1.29, 1.82) is 0 Å². The van der Waals surface area contributed by atoms with Crippen molar-refractivity contribution in [2.24, 2.45) is 7.05 Å². The van der Waals surface area contributed by atoms with Crippen LogP contribution in [-0.2, 0) is 21.4 Å². The number of amides is 1. The van der Waals surface area contributed by atoms with E-state index in [1.54, 1.807) is 22.9 Å². The maximum absolute atomic E-state index is 12.2. The van der Waals surface area contributed by atoms with E-state index in [-0.39, 0.29) is 0 Å². The molecule has 8 heteroatoms. The lowest BCUT2D eigenvalue weighted by Gasteiger charge is -2.13. The number of hydrogen-bond acceptors (Lipinski definition) is 4. The third-order valence-electron chi connectivity index (χ3n) is 3.80. The number of carbonyl (C=O) groups excluding carboxylic acids is 2. The monoisotopic (exact) mass is 395 g/mol. The molecule has 0 unspecified atom stereocenters. The number of benzene rings is 1. The Kier molecular flexibility index (Phi) is 6.45. The molecule has 0 aliphatic heterocycles. The Bertz CT molecular complexity index is 875. The van der Waals surface area contributed by atoms with Crippen LogP contribution in [0.15, 0.2) is 24.3 Å². The second-order valence-corrected chi connectivity index (χ2v) is 6.58. The van der Waals surface area contributed by atoms with Crippen LogP contribution in [0, 0.1) is 13.8 Å². The number of ether oxygens (including phenoxy) is 1. The van der Waals surface area contributed by atoms with E-state index in [4.69, 9.17) is 27.9 Å². The SMILES string of the molecule is Cc1nn(C)c(C)c1/C=C/C(=O)O[C@H](C)C(=O)Nc1cc(Cl)ccc1Cl. The molecule has 1 N–H and O–H groups in total. The molecule has 138 valence electrons. The number of hydrogen-bond donors (Lipinski definition) is 1. The number of halogens is 2. The smallest absolute Gasteiger partial charge is 0.331 e. The summed E-state index contributed by atoms with van der Waals surface area (Å²) in [7, 11) is 1.82. The summed E-state index contributed by atoms with van der Waals surface area (Å²) in [6, 6.07) is 4.69. The Morgan fingerprint density at radius 2 is 2.00 bits per heavy atom. The minimum absolute atomic E-state index is 0.337. The molecular formula is C18H19Cl2N3O3. The normalized spacial score (nSPS) is 12.2. The topological polar surface area (TPSA) is 73.2 Å². The standard InChI is InChI=1S/C18H19Cl2N3O3/c1-10-14(11(2)23(4)22-10)6-8-17(24)26-12(3)18(25)21-16-9-13(19)5-7-15(16)20/h5-9,12H,1-4H3,(H,21,25)/b8-6+/t12-/m1/s1. The molecule has 0 bridgehead atoms.